The van der Waals surface area contributed by atoms with E-state index < -0.39 is 0 Å². The van der Waals surface area contributed by atoms with Gasteiger partial charge in [-0.3, -0.25) is 9.89 Å². The van der Waals surface area contributed by atoms with Gasteiger partial charge < -0.3 is 10.6 Å². The monoisotopic (exact) mass is 464 g/mol. The summed E-state index contributed by atoms with van der Waals surface area (Å²) in [6.45, 7) is 5.11. The average molecular weight is 464 g/mol. The fourth-order valence-corrected chi connectivity index (χ4v) is 3.15. The van der Waals surface area contributed by atoms with Gasteiger partial charge in [0.2, 0.25) is 0 Å². The van der Waals surface area contributed by atoms with Crippen LogP contribution >= 0.6 is 24.0 Å². The second kappa shape index (κ2) is 11.2. The van der Waals surface area contributed by atoms with Gasteiger partial charge in [-0.25, -0.2) is 0 Å². The standard InChI is InChI=1S/C21H28N4.HI/c1-22-21(23-15-18-7-3-2-4-8-18)24-16-19-9-11-20(12-10-19)17-25-13-5-6-14-25;/h2-4,7-12H,5-6,13-17H2,1H3,(H2,22,23,24);1H. The number of rotatable bonds is 6. The van der Waals surface area contributed by atoms with Gasteiger partial charge in [0.05, 0.1) is 0 Å². The molecular formula is C21H29IN4. The van der Waals surface area contributed by atoms with Crippen molar-refractivity contribution in [3.8, 4) is 0 Å². The van der Waals surface area contributed by atoms with Gasteiger partial charge in [-0.05, 0) is 42.6 Å². The van der Waals surface area contributed by atoms with Crippen molar-refractivity contribution in [3.63, 3.8) is 0 Å². The van der Waals surface area contributed by atoms with E-state index >= 15 is 0 Å². The molecule has 26 heavy (non-hydrogen) atoms. The Morgan fingerprint density at radius 3 is 1.96 bits per heavy atom. The largest absolute Gasteiger partial charge is 0.352 e. The number of hydrogen-bond acceptors (Lipinski definition) is 2. The highest BCUT2D eigenvalue weighted by Gasteiger charge is 2.11. The van der Waals surface area contributed by atoms with Gasteiger partial charge in [0.25, 0.3) is 0 Å². The van der Waals surface area contributed by atoms with Crippen LogP contribution < -0.4 is 10.6 Å². The predicted octanol–water partition coefficient (Wildman–Crippen LogP) is 3.77. The van der Waals surface area contributed by atoms with E-state index in [0.717, 1.165) is 25.6 Å². The van der Waals surface area contributed by atoms with E-state index in [4.69, 9.17) is 0 Å². The molecule has 2 aromatic rings. The Bertz CT molecular complexity index is 664. The van der Waals surface area contributed by atoms with E-state index in [1.165, 1.54) is 42.6 Å². The van der Waals surface area contributed by atoms with E-state index in [0.29, 0.717) is 0 Å². The molecule has 0 unspecified atom stereocenters. The van der Waals surface area contributed by atoms with E-state index in [1.54, 1.807) is 7.05 Å². The highest BCUT2D eigenvalue weighted by Crippen LogP contribution is 2.13. The SMILES string of the molecule is CN=C(NCc1ccccc1)NCc1ccc(CN2CCCC2)cc1.I. The molecule has 0 aliphatic carbocycles. The molecule has 3 rings (SSSR count). The van der Waals surface area contributed by atoms with Crippen molar-refractivity contribution in [2.24, 2.45) is 4.99 Å². The smallest absolute Gasteiger partial charge is 0.191 e. The van der Waals surface area contributed by atoms with Crippen molar-refractivity contribution in [2.45, 2.75) is 32.5 Å². The van der Waals surface area contributed by atoms with Crippen LogP contribution in [0.15, 0.2) is 59.6 Å². The van der Waals surface area contributed by atoms with Gasteiger partial charge in [-0.2, -0.15) is 0 Å². The Morgan fingerprint density at radius 1 is 0.846 bits per heavy atom. The van der Waals surface area contributed by atoms with Crippen LogP contribution in [-0.4, -0.2) is 31.0 Å². The maximum absolute atomic E-state index is 4.29. The summed E-state index contributed by atoms with van der Waals surface area (Å²) in [4.78, 5) is 6.82. The second-order valence-corrected chi connectivity index (χ2v) is 6.56. The Balaban J connectivity index is 0.00000243. The third kappa shape index (κ3) is 6.61. The van der Waals surface area contributed by atoms with Crippen LogP contribution in [0.25, 0.3) is 0 Å². The molecular weight excluding hydrogens is 435 g/mol. The first-order valence-electron chi connectivity index (χ1n) is 9.12. The maximum atomic E-state index is 4.29. The fourth-order valence-electron chi connectivity index (χ4n) is 3.15. The maximum Gasteiger partial charge on any atom is 0.191 e. The summed E-state index contributed by atoms with van der Waals surface area (Å²) >= 11 is 0. The van der Waals surface area contributed by atoms with Crippen LogP contribution in [0.4, 0.5) is 0 Å². The lowest BCUT2D eigenvalue weighted by Crippen LogP contribution is -2.36. The number of guanidine groups is 1. The lowest BCUT2D eigenvalue weighted by Gasteiger charge is -2.15. The van der Waals surface area contributed by atoms with Gasteiger partial charge in [0.1, 0.15) is 0 Å². The molecule has 0 spiro atoms. The van der Waals surface area contributed by atoms with Crippen LogP contribution in [0.1, 0.15) is 29.5 Å². The van der Waals surface area contributed by atoms with Gasteiger partial charge in [-0.1, -0.05) is 54.6 Å². The molecule has 2 aromatic carbocycles. The number of nitrogens with zero attached hydrogens (tertiary/aromatic N) is 2. The van der Waals surface area contributed by atoms with Crippen molar-refractivity contribution in [3.05, 3.63) is 71.3 Å². The Labute approximate surface area is 174 Å². The Morgan fingerprint density at radius 2 is 1.38 bits per heavy atom. The topological polar surface area (TPSA) is 39.7 Å². The average Bonchev–Trinajstić information content (AvgIpc) is 3.17. The lowest BCUT2D eigenvalue weighted by molar-refractivity contribution is 0.331. The Kier molecular flexibility index (Phi) is 8.91. The first-order chi connectivity index (χ1) is 12.3. The number of aliphatic imine (C=N–C) groups is 1. The van der Waals surface area contributed by atoms with Gasteiger partial charge in [0, 0.05) is 26.7 Å². The molecule has 140 valence electrons. The molecule has 1 saturated heterocycles. The van der Waals surface area contributed by atoms with Gasteiger partial charge in [0.15, 0.2) is 5.96 Å². The van der Waals surface area contributed by atoms with Crippen LogP contribution in [0, 0.1) is 0 Å². The van der Waals surface area contributed by atoms with Crippen LogP contribution in [-0.2, 0) is 19.6 Å². The molecule has 0 radical (unpaired) electrons. The van der Waals surface area contributed by atoms with E-state index in [-0.39, 0.29) is 24.0 Å². The van der Waals surface area contributed by atoms with Crippen LogP contribution in [0.2, 0.25) is 0 Å². The molecule has 0 amide bonds. The number of hydrogen-bond donors (Lipinski definition) is 2. The summed E-state index contributed by atoms with van der Waals surface area (Å²) in [5.74, 6) is 0.824. The molecule has 4 nitrogen and oxygen atoms in total. The molecule has 0 saturated carbocycles. The van der Waals surface area contributed by atoms with E-state index in [2.05, 4.69) is 69.1 Å². The zero-order valence-electron chi connectivity index (χ0n) is 15.4. The summed E-state index contributed by atoms with van der Waals surface area (Å²) in [6, 6.07) is 19.3. The quantitative estimate of drug-likeness (QED) is 0.389. The first kappa shape index (κ1) is 20.7. The molecule has 1 aliphatic heterocycles. The van der Waals surface area contributed by atoms with Crippen molar-refractivity contribution >= 4 is 29.9 Å². The highest BCUT2D eigenvalue weighted by atomic mass is 127. The highest BCUT2D eigenvalue weighted by molar-refractivity contribution is 14.0. The third-order valence-corrected chi connectivity index (χ3v) is 4.61. The molecule has 0 bridgehead atoms. The van der Waals surface area contributed by atoms with Crippen LogP contribution in [0.3, 0.4) is 0 Å². The van der Waals surface area contributed by atoms with Gasteiger partial charge >= 0.3 is 0 Å². The molecule has 1 aliphatic rings. The number of halogens is 1. The second-order valence-electron chi connectivity index (χ2n) is 6.56. The van der Waals surface area contributed by atoms with E-state index in [1.807, 2.05) is 6.07 Å². The summed E-state index contributed by atoms with van der Waals surface area (Å²) in [5.41, 5.74) is 3.92. The molecule has 2 N–H and O–H groups in total. The number of nitrogens with one attached hydrogen (secondary N) is 2. The summed E-state index contributed by atoms with van der Waals surface area (Å²) in [6.07, 6.45) is 2.69. The number of benzene rings is 2. The predicted molar refractivity (Wildman–Crippen MR) is 120 cm³/mol. The molecule has 1 fully saturated rings. The minimum absolute atomic E-state index is 0. The molecule has 0 aromatic heterocycles. The molecule has 0 atom stereocenters. The summed E-state index contributed by atoms with van der Waals surface area (Å²) in [7, 11) is 1.81. The first-order valence-corrected chi connectivity index (χ1v) is 9.12. The van der Waals surface area contributed by atoms with Gasteiger partial charge in [-0.15, -0.1) is 24.0 Å². The Hall–Kier alpha value is -1.60. The fraction of sp³-hybridized carbons (Fsp3) is 0.381. The van der Waals surface area contributed by atoms with Crippen molar-refractivity contribution in [1.29, 1.82) is 0 Å². The zero-order valence-corrected chi connectivity index (χ0v) is 17.8. The normalized spacial score (nSPS) is 14.7. The molecule has 1 heterocycles. The number of likely N-dealkylation sites (tertiary alicyclic amines) is 1. The minimum atomic E-state index is 0. The lowest BCUT2D eigenvalue weighted by atomic mass is 10.1. The van der Waals surface area contributed by atoms with Crippen molar-refractivity contribution < 1.29 is 0 Å². The third-order valence-electron chi connectivity index (χ3n) is 4.61. The summed E-state index contributed by atoms with van der Waals surface area (Å²) in [5, 5.41) is 6.72. The minimum Gasteiger partial charge on any atom is -0.352 e. The van der Waals surface area contributed by atoms with Crippen molar-refractivity contribution in [2.75, 3.05) is 20.1 Å². The van der Waals surface area contributed by atoms with E-state index in [9.17, 15) is 0 Å². The summed E-state index contributed by atoms with van der Waals surface area (Å²) < 4.78 is 0. The molecule has 5 heteroatoms. The van der Waals surface area contributed by atoms with Crippen molar-refractivity contribution in [1.82, 2.24) is 15.5 Å². The zero-order chi connectivity index (χ0) is 17.3. The van der Waals surface area contributed by atoms with Crippen LogP contribution in [0.5, 0.6) is 0 Å².